The zero-order chi connectivity index (χ0) is 12.0. The minimum atomic E-state index is -0.0763. The highest BCUT2D eigenvalue weighted by molar-refractivity contribution is 9.10. The normalized spacial score (nSPS) is 12.5. The molecule has 1 aromatic rings. The van der Waals surface area contributed by atoms with Crippen LogP contribution in [0.1, 0.15) is 6.92 Å². The van der Waals surface area contributed by atoms with Gasteiger partial charge in [0.15, 0.2) is 0 Å². The molecule has 0 amide bonds. The van der Waals surface area contributed by atoms with Crippen molar-refractivity contribution >= 4 is 27.5 Å². The molecule has 1 unspecified atom stereocenters. The van der Waals surface area contributed by atoms with E-state index in [9.17, 15) is 0 Å². The molecule has 0 saturated heterocycles. The van der Waals surface area contributed by atoms with E-state index in [0.29, 0.717) is 24.8 Å². The topological polar surface area (TPSA) is 44.5 Å². The molecule has 0 radical (unpaired) electrons. The number of rotatable bonds is 6. The second-order valence-electron chi connectivity index (χ2n) is 3.20. The number of nitrogens with two attached hydrogens (primary N) is 1. The first-order chi connectivity index (χ1) is 7.67. The van der Waals surface area contributed by atoms with Crippen molar-refractivity contribution in [1.82, 2.24) is 0 Å². The maximum Gasteiger partial charge on any atom is 0.133 e. The van der Waals surface area contributed by atoms with Crippen LogP contribution in [0.4, 0.5) is 0 Å². The Kier molecular flexibility index (Phi) is 6.13. The molecule has 3 nitrogen and oxygen atoms in total. The lowest BCUT2D eigenvalue weighted by Crippen LogP contribution is -2.30. The van der Waals surface area contributed by atoms with E-state index in [1.807, 2.05) is 13.0 Å². The molecule has 90 valence electrons. The third kappa shape index (κ3) is 4.29. The van der Waals surface area contributed by atoms with Crippen molar-refractivity contribution in [2.24, 2.45) is 5.73 Å². The Morgan fingerprint density at radius 1 is 1.50 bits per heavy atom. The molecule has 2 N–H and O–H groups in total. The van der Waals surface area contributed by atoms with Crippen LogP contribution >= 0.6 is 27.5 Å². The summed E-state index contributed by atoms with van der Waals surface area (Å²) in [6.45, 7) is 3.44. The third-order valence-corrected chi connectivity index (χ3v) is 2.84. The van der Waals surface area contributed by atoms with Crippen molar-refractivity contribution in [3.8, 4) is 5.75 Å². The number of ether oxygens (including phenoxy) is 2. The van der Waals surface area contributed by atoms with Gasteiger partial charge in [-0.15, -0.1) is 0 Å². The molecule has 16 heavy (non-hydrogen) atoms. The zero-order valence-electron chi connectivity index (χ0n) is 9.08. The molecule has 5 heteroatoms. The molecule has 0 saturated carbocycles. The van der Waals surface area contributed by atoms with Crippen LogP contribution in [0, 0.1) is 0 Å². The Bertz CT molecular complexity index is 336. The molecule has 0 spiro atoms. The molecule has 0 fully saturated rings. The minimum absolute atomic E-state index is 0.0763. The van der Waals surface area contributed by atoms with E-state index in [1.54, 1.807) is 12.1 Å². The lowest BCUT2D eigenvalue weighted by molar-refractivity contribution is 0.0335. The lowest BCUT2D eigenvalue weighted by atomic mass is 10.3. The number of hydrogen-bond acceptors (Lipinski definition) is 3. The number of hydrogen-bond donors (Lipinski definition) is 1. The molecule has 1 aromatic carbocycles. The average molecular weight is 309 g/mol. The van der Waals surface area contributed by atoms with Gasteiger partial charge in [0.2, 0.25) is 0 Å². The standard InChI is InChI=1S/C11H15BrClNO2/c1-2-15-9(6-14)7-16-11-4-3-8(13)5-10(11)12/h3-5,9H,2,6-7,14H2,1H3. The Morgan fingerprint density at radius 2 is 2.25 bits per heavy atom. The monoisotopic (exact) mass is 307 g/mol. The summed E-state index contributed by atoms with van der Waals surface area (Å²) >= 11 is 9.20. The van der Waals surface area contributed by atoms with Gasteiger partial charge in [-0.25, -0.2) is 0 Å². The Balaban J connectivity index is 2.53. The molecule has 0 aromatic heterocycles. The van der Waals surface area contributed by atoms with Crippen LogP contribution in [0.3, 0.4) is 0 Å². The van der Waals surface area contributed by atoms with Crippen LogP contribution in [0.5, 0.6) is 5.75 Å². The summed E-state index contributed by atoms with van der Waals surface area (Å²) < 4.78 is 11.8. The Labute approximate surface area is 109 Å². The van der Waals surface area contributed by atoms with Gasteiger partial charge in [0.05, 0.1) is 4.47 Å². The van der Waals surface area contributed by atoms with E-state index in [1.165, 1.54) is 0 Å². The van der Waals surface area contributed by atoms with Gasteiger partial charge in [-0.2, -0.15) is 0 Å². The second kappa shape index (κ2) is 7.12. The quantitative estimate of drug-likeness (QED) is 0.879. The Morgan fingerprint density at radius 3 is 2.81 bits per heavy atom. The van der Waals surface area contributed by atoms with Crippen molar-refractivity contribution in [3.63, 3.8) is 0 Å². The smallest absolute Gasteiger partial charge is 0.133 e. The lowest BCUT2D eigenvalue weighted by Gasteiger charge is -2.16. The molecular formula is C11H15BrClNO2. The fourth-order valence-corrected chi connectivity index (χ4v) is 1.99. The zero-order valence-corrected chi connectivity index (χ0v) is 11.4. The van der Waals surface area contributed by atoms with Crippen LogP contribution in [0.2, 0.25) is 5.02 Å². The van der Waals surface area contributed by atoms with Gasteiger partial charge in [0.1, 0.15) is 18.5 Å². The predicted molar refractivity (Wildman–Crippen MR) is 69.1 cm³/mol. The fraction of sp³-hybridized carbons (Fsp3) is 0.455. The van der Waals surface area contributed by atoms with E-state index in [2.05, 4.69) is 15.9 Å². The van der Waals surface area contributed by atoms with E-state index in [4.69, 9.17) is 26.8 Å². The molecule has 1 rings (SSSR count). The molecule has 0 aliphatic carbocycles. The first-order valence-corrected chi connectivity index (χ1v) is 6.24. The largest absolute Gasteiger partial charge is 0.490 e. The van der Waals surface area contributed by atoms with E-state index >= 15 is 0 Å². The minimum Gasteiger partial charge on any atom is -0.490 e. The van der Waals surface area contributed by atoms with E-state index in [-0.39, 0.29) is 6.10 Å². The third-order valence-electron chi connectivity index (χ3n) is 1.98. The van der Waals surface area contributed by atoms with Gasteiger partial charge in [-0.3, -0.25) is 0 Å². The van der Waals surface area contributed by atoms with Gasteiger partial charge in [-0.05, 0) is 41.1 Å². The van der Waals surface area contributed by atoms with E-state index in [0.717, 1.165) is 10.2 Å². The van der Waals surface area contributed by atoms with Crippen molar-refractivity contribution in [2.45, 2.75) is 13.0 Å². The highest BCUT2D eigenvalue weighted by Crippen LogP contribution is 2.28. The van der Waals surface area contributed by atoms with Crippen molar-refractivity contribution in [2.75, 3.05) is 19.8 Å². The highest BCUT2D eigenvalue weighted by Gasteiger charge is 2.08. The summed E-state index contributed by atoms with van der Waals surface area (Å²) in [6.07, 6.45) is -0.0763. The van der Waals surface area contributed by atoms with Gasteiger partial charge in [0, 0.05) is 18.2 Å². The summed E-state index contributed by atoms with van der Waals surface area (Å²) in [4.78, 5) is 0. The fourth-order valence-electron chi connectivity index (χ4n) is 1.19. The number of halogens is 2. The first kappa shape index (κ1) is 13.8. The van der Waals surface area contributed by atoms with Gasteiger partial charge >= 0.3 is 0 Å². The first-order valence-electron chi connectivity index (χ1n) is 5.07. The van der Waals surface area contributed by atoms with Crippen LogP contribution < -0.4 is 10.5 Å². The summed E-state index contributed by atoms with van der Waals surface area (Å²) in [6, 6.07) is 5.38. The van der Waals surface area contributed by atoms with Crippen molar-refractivity contribution in [1.29, 1.82) is 0 Å². The molecule has 0 heterocycles. The van der Waals surface area contributed by atoms with Gasteiger partial charge < -0.3 is 15.2 Å². The van der Waals surface area contributed by atoms with Crippen molar-refractivity contribution in [3.05, 3.63) is 27.7 Å². The molecular weight excluding hydrogens is 293 g/mol. The molecule has 0 aliphatic rings. The van der Waals surface area contributed by atoms with Crippen LogP contribution in [0.15, 0.2) is 22.7 Å². The average Bonchev–Trinajstić information content (AvgIpc) is 2.26. The predicted octanol–water partition coefficient (Wildman–Crippen LogP) is 2.85. The van der Waals surface area contributed by atoms with Crippen LogP contribution in [-0.2, 0) is 4.74 Å². The summed E-state index contributed by atoms with van der Waals surface area (Å²) in [5.41, 5.74) is 5.55. The summed E-state index contributed by atoms with van der Waals surface area (Å²) in [7, 11) is 0. The van der Waals surface area contributed by atoms with Gasteiger partial charge in [-0.1, -0.05) is 11.6 Å². The second-order valence-corrected chi connectivity index (χ2v) is 4.49. The molecule has 1 atom stereocenters. The van der Waals surface area contributed by atoms with Crippen LogP contribution in [-0.4, -0.2) is 25.9 Å². The van der Waals surface area contributed by atoms with E-state index < -0.39 is 0 Å². The SMILES string of the molecule is CCOC(CN)COc1ccc(Cl)cc1Br. The number of benzene rings is 1. The summed E-state index contributed by atoms with van der Waals surface area (Å²) in [5.74, 6) is 0.738. The molecule has 0 aliphatic heterocycles. The van der Waals surface area contributed by atoms with Crippen LogP contribution in [0.25, 0.3) is 0 Å². The van der Waals surface area contributed by atoms with Gasteiger partial charge in [0.25, 0.3) is 0 Å². The Hall–Kier alpha value is -0.290. The van der Waals surface area contributed by atoms with Crippen molar-refractivity contribution < 1.29 is 9.47 Å². The summed E-state index contributed by atoms with van der Waals surface area (Å²) in [5, 5.41) is 0.666. The maximum atomic E-state index is 5.83. The highest BCUT2D eigenvalue weighted by atomic mass is 79.9. The maximum absolute atomic E-state index is 5.83. The molecule has 0 bridgehead atoms.